The molecular formula is C40H28O. The van der Waals surface area contributed by atoms with Crippen molar-refractivity contribution < 1.29 is 4.42 Å². The zero-order chi connectivity index (χ0) is 27.4. The van der Waals surface area contributed by atoms with Crippen molar-refractivity contribution in [1.29, 1.82) is 0 Å². The summed E-state index contributed by atoms with van der Waals surface area (Å²) < 4.78 is 6.27. The molecular weight excluding hydrogens is 496 g/mol. The number of hydrogen-bond donors (Lipinski definition) is 0. The Morgan fingerprint density at radius 3 is 1.00 bits per heavy atom. The second-order valence-corrected chi connectivity index (χ2v) is 10.2. The normalized spacial score (nSPS) is 10.9. The number of hydrogen-bond acceptors (Lipinski definition) is 1. The van der Waals surface area contributed by atoms with Crippen molar-refractivity contribution in [3.63, 3.8) is 0 Å². The largest absolute Gasteiger partial charge is 0.456 e. The predicted octanol–water partition coefficient (Wildman–Crippen LogP) is 10.8. The molecule has 0 amide bonds. The SMILES string of the molecule is C(=C(c1ccccc1)c1ccccc1)c1ccc2oc3ccc(C=C(c4ccccc4)c4ccccc4)cc3c2c1. The van der Waals surface area contributed by atoms with Gasteiger partial charge in [0.25, 0.3) is 0 Å². The second kappa shape index (κ2) is 11.0. The molecule has 0 aliphatic heterocycles. The summed E-state index contributed by atoms with van der Waals surface area (Å²) in [6.45, 7) is 0. The molecule has 7 aromatic rings. The molecule has 0 radical (unpaired) electrons. The molecule has 0 N–H and O–H groups in total. The van der Waals surface area contributed by atoms with E-state index in [9.17, 15) is 0 Å². The molecule has 1 heterocycles. The van der Waals surface area contributed by atoms with Crippen LogP contribution in [0.5, 0.6) is 0 Å². The van der Waals surface area contributed by atoms with E-state index < -0.39 is 0 Å². The molecule has 0 saturated carbocycles. The maximum absolute atomic E-state index is 6.27. The molecule has 0 aliphatic carbocycles. The predicted molar refractivity (Wildman–Crippen MR) is 173 cm³/mol. The minimum absolute atomic E-state index is 0.894. The Bertz CT molecular complexity index is 1770. The summed E-state index contributed by atoms with van der Waals surface area (Å²) in [5, 5.41) is 2.23. The smallest absolute Gasteiger partial charge is 0.135 e. The van der Waals surface area contributed by atoms with Crippen molar-refractivity contribution >= 4 is 45.2 Å². The molecule has 0 aliphatic rings. The third-order valence-electron chi connectivity index (χ3n) is 7.48. The van der Waals surface area contributed by atoms with Gasteiger partial charge < -0.3 is 4.42 Å². The summed E-state index contributed by atoms with van der Waals surface area (Å²) >= 11 is 0. The topological polar surface area (TPSA) is 13.1 Å². The van der Waals surface area contributed by atoms with Gasteiger partial charge in [0.15, 0.2) is 0 Å². The van der Waals surface area contributed by atoms with Crippen LogP contribution >= 0.6 is 0 Å². The first-order valence-electron chi connectivity index (χ1n) is 13.9. The van der Waals surface area contributed by atoms with E-state index in [0.29, 0.717) is 0 Å². The average Bonchev–Trinajstić information content (AvgIpc) is 3.41. The Kier molecular flexibility index (Phi) is 6.61. The molecule has 41 heavy (non-hydrogen) atoms. The summed E-state index contributed by atoms with van der Waals surface area (Å²) in [5.41, 5.74) is 11.2. The zero-order valence-corrected chi connectivity index (χ0v) is 22.6. The highest BCUT2D eigenvalue weighted by molar-refractivity contribution is 6.07. The summed E-state index contributed by atoms with van der Waals surface area (Å²) in [5.74, 6) is 0. The molecule has 0 saturated heterocycles. The maximum Gasteiger partial charge on any atom is 0.135 e. The summed E-state index contributed by atoms with van der Waals surface area (Å²) in [4.78, 5) is 0. The van der Waals surface area contributed by atoms with E-state index in [2.05, 4.69) is 170 Å². The molecule has 0 bridgehead atoms. The van der Waals surface area contributed by atoms with E-state index in [-0.39, 0.29) is 0 Å². The highest BCUT2D eigenvalue weighted by atomic mass is 16.3. The first-order valence-corrected chi connectivity index (χ1v) is 13.9. The molecule has 0 fully saturated rings. The molecule has 194 valence electrons. The fourth-order valence-electron chi connectivity index (χ4n) is 5.46. The van der Waals surface area contributed by atoms with E-state index in [4.69, 9.17) is 4.42 Å². The van der Waals surface area contributed by atoms with Crippen LogP contribution in [0.4, 0.5) is 0 Å². The monoisotopic (exact) mass is 524 g/mol. The molecule has 7 rings (SSSR count). The van der Waals surface area contributed by atoms with Gasteiger partial charge >= 0.3 is 0 Å². The number of rotatable bonds is 6. The van der Waals surface area contributed by atoms with Crippen molar-refractivity contribution in [1.82, 2.24) is 0 Å². The quantitative estimate of drug-likeness (QED) is 0.197. The lowest BCUT2D eigenvalue weighted by Crippen LogP contribution is -1.88. The van der Waals surface area contributed by atoms with Crippen molar-refractivity contribution in [3.05, 3.63) is 191 Å². The Balaban J connectivity index is 1.36. The Labute approximate surface area is 240 Å². The van der Waals surface area contributed by atoms with Gasteiger partial charge in [0, 0.05) is 10.8 Å². The molecule has 1 heteroatoms. The van der Waals surface area contributed by atoms with Crippen LogP contribution < -0.4 is 0 Å². The Hall–Kier alpha value is -5.40. The number of benzene rings is 6. The van der Waals surface area contributed by atoms with Crippen LogP contribution in [-0.2, 0) is 0 Å². The average molecular weight is 525 g/mol. The van der Waals surface area contributed by atoms with Gasteiger partial charge in [0.2, 0.25) is 0 Å². The lowest BCUT2D eigenvalue weighted by molar-refractivity contribution is 0.669. The van der Waals surface area contributed by atoms with E-state index in [1.165, 1.54) is 33.4 Å². The van der Waals surface area contributed by atoms with Gasteiger partial charge in [-0.15, -0.1) is 0 Å². The third-order valence-corrected chi connectivity index (χ3v) is 7.48. The molecule has 1 nitrogen and oxygen atoms in total. The Morgan fingerprint density at radius 1 is 0.366 bits per heavy atom. The molecule has 0 unspecified atom stereocenters. The molecule has 6 aromatic carbocycles. The van der Waals surface area contributed by atoms with Crippen LogP contribution in [0.15, 0.2) is 162 Å². The van der Waals surface area contributed by atoms with Crippen LogP contribution in [0.25, 0.3) is 45.2 Å². The van der Waals surface area contributed by atoms with E-state index in [1.54, 1.807) is 0 Å². The van der Waals surface area contributed by atoms with Crippen molar-refractivity contribution in [2.75, 3.05) is 0 Å². The lowest BCUT2D eigenvalue weighted by atomic mass is 9.94. The lowest BCUT2D eigenvalue weighted by Gasteiger charge is -2.09. The van der Waals surface area contributed by atoms with Gasteiger partial charge in [0.1, 0.15) is 11.2 Å². The van der Waals surface area contributed by atoms with Gasteiger partial charge in [-0.1, -0.05) is 133 Å². The van der Waals surface area contributed by atoms with Crippen LogP contribution in [0.1, 0.15) is 33.4 Å². The van der Waals surface area contributed by atoms with Crippen LogP contribution in [-0.4, -0.2) is 0 Å². The van der Waals surface area contributed by atoms with Crippen LogP contribution in [0.3, 0.4) is 0 Å². The fourth-order valence-corrected chi connectivity index (χ4v) is 5.46. The van der Waals surface area contributed by atoms with Crippen LogP contribution in [0, 0.1) is 0 Å². The minimum atomic E-state index is 0.894. The molecule has 0 atom stereocenters. The summed E-state index contributed by atoms with van der Waals surface area (Å²) in [6.07, 6.45) is 4.55. The van der Waals surface area contributed by atoms with E-state index >= 15 is 0 Å². The van der Waals surface area contributed by atoms with Crippen molar-refractivity contribution in [2.24, 2.45) is 0 Å². The highest BCUT2D eigenvalue weighted by Crippen LogP contribution is 2.34. The van der Waals surface area contributed by atoms with Gasteiger partial charge in [-0.2, -0.15) is 0 Å². The van der Waals surface area contributed by atoms with Gasteiger partial charge in [-0.3, -0.25) is 0 Å². The fraction of sp³-hybridized carbons (Fsp3) is 0. The van der Waals surface area contributed by atoms with Crippen LogP contribution in [0.2, 0.25) is 0 Å². The third kappa shape index (κ3) is 5.14. The molecule has 0 spiro atoms. The highest BCUT2D eigenvalue weighted by Gasteiger charge is 2.11. The first kappa shape index (κ1) is 24.6. The maximum atomic E-state index is 6.27. The van der Waals surface area contributed by atoms with Gasteiger partial charge in [0.05, 0.1) is 0 Å². The number of furan rings is 1. The first-order chi connectivity index (χ1) is 20.3. The number of fused-ring (bicyclic) bond motifs is 3. The van der Waals surface area contributed by atoms with Crippen molar-refractivity contribution in [2.45, 2.75) is 0 Å². The molecule has 1 aromatic heterocycles. The van der Waals surface area contributed by atoms with E-state index in [0.717, 1.165) is 33.1 Å². The van der Waals surface area contributed by atoms with Crippen molar-refractivity contribution in [3.8, 4) is 0 Å². The minimum Gasteiger partial charge on any atom is -0.456 e. The zero-order valence-electron chi connectivity index (χ0n) is 22.6. The Morgan fingerprint density at radius 2 is 0.683 bits per heavy atom. The summed E-state index contributed by atoms with van der Waals surface area (Å²) in [7, 11) is 0. The van der Waals surface area contributed by atoms with Gasteiger partial charge in [-0.25, -0.2) is 0 Å². The standard InChI is InChI=1S/C40H28O/c1-5-13-31(14-6-1)35(32-15-7-2-8-16-32)25-29-21-23-39-37(27-29)38-28-30(22-24-40(38)41-39)26-36(33-17-9-3-10-18-33)34-19-11-4-12-20-34/h1-28H. The summed E-state index contributed by atoms with van der Waals surface area (Å²) in [6, 6.07) is 55.2. The van der Waals surface area contributed by atoms with Gasteiger partial charge in [-0.05, 0) is 80.9 Å². The second-order valence-electron chi connectivity index (χ2n) is 10.2. The van der Waals surface area contributed by atoms with E-state index in [1.807, 2.05) is 0 Å².